The fourth-order valence-corrected chi connectivity index (χ4v) is 2.31. The molecule has 0 saturated carbocycles. The number of ether oxygens (including phenoxy) is 1. The molecule has 20 heavy (non-hydrogen) atoms. The van der Waals surface area contributed by atoms with Gasteiger partial charge in [-0.25, -0.2) is 0 Å². The molecule has 0 heterocycles. The van der Waals surface area contributed by atoms with E-state index in [1.165, 1.54) is 11.8 Å². The van der Waals surface area contributed by atoms with Crippen LogP contribution in [0.5, 0.6) is 5.75 Å². The van der Waals surface area contributed by atoms with Gasteiger partial charge in [-0.15, -0.1) is 24.2 Å². The summed E-state index contributed by atoms with van der Waals surface area (Å²) < 4.78 is 5.10. The van der Waals surface area contributed by atoms with Crippen molar-refractivity contribution >= 4 is 30.1 Å². The third kappa shape index (κ3) is 6.50. The van der Waals surface area contributed by atoms with Crippen LogP contribution in [-0.4, -0.2) is 31.4 Å². The summed E-state index contributed by atoms with van der Waals surface area (Å²) in [5.41, 5.74) is 5.52. The van der Waals surface area contributed by atoms with Gasteiger partial charge in [-0.3, -0.25) is 4.79 Å². The van der Waals surface area contributed by atoms with E-state index in [0.29, 0.717) is 19.0 Å². The summed E-state index contributed by atoms with van der Waals surface area (Å²) in [5.74, 6) is 1.17. The van der Waals surface area contributed by atoms with Crippen molar-refractivity contribution in [2.75, 3.05) is 20.2 Å². The zero-order valence-corrected chi connectivity index (χ0v) is 13.7. The molecule has 0 radical (unpaired) electrons. The lowest BCUT2D eigenvalue weighted by molar-refractivity contribution is -0.120. The summed E-state index contributed by atoms with van der Waals surface area (Å²) in [6, 6.07) is 7.69. The van der Waals surface area contributed by atoms with Crippen molar-refractivity contribution in [3.63, 3.8) is 0 Å². The van der Waals surface area contributed by atoms with Gasteiger partial charge in [0.2, 0.25) is 5.91 Å². The monoisotopic (exact) mass is 318 g/mol. The van der Waals surface area contributed by atoms with Crippen molar-refractivity contribution in [2.45, 2.75) is 24.0 Å². The molecule has 2 unspecified atom stereocenters. The first-order valence-corrected chi connectivity index (χ1v) is 7.23. The number of amides is 1. The molecule has 4 nitrogen and oxygen atoms in total. The summed E-state index contributed by atoms with van der Waals surface area (Å²) >= 11 is 1.53. The Morgan fingerprint density at radius 2 is 1.95 bits per heavy atom. The number of carbonyl (C=O) groups excluding carboxylic acids is 1. The van der Waals surface area contributed by atoms with Gasteiger partial charge in [0.05, 0.1) is 12.4 Å². The van der Waals surface area contributed by atoms with E-state index in [9.17, 15) is 4.79 Å². The van der Waals surface area contributed by atoms with Gasteiger partial charge >= 0.3 is 0 Å². The normalized spacial score (nSPS) is 13.0. The number of halogens is 1. The average molecular weight is 319 g/mol. The van der Waals surface area contributed by atoms with Gasteiger partial charge in [-0.05, 0) is 43.7 Å². The van der Waals surface area contributed by atoms with E-state index in [1.807, 2.05) is 38.1 Å². The number of nitrogens with two attached hydrogens (primary N) is 1. The van der Waals surface area contributed by atoms with Gasteiger partial charge in [-0.1, -0.05) is 6.92 Å². The summed E-state index contributed by atoms with van der Waals surface area (Å²) in [5, 5.41) is 2.78. The molecule has 114 valence electrons. The lowest BCUT2D eigenvalue weighted by atomic mass is 10.2. The second-order valence-electron chi connectivity index (χ2n) is 4.52. The van der Waals surface area contributed by atoms with Crippen molar-refractivity contribution in [3.8, 4) is 5.75 Å². The Bertz CT molecular complexity index is 401. The largest absolute Gasteiger partial charge is 0.497 e. The van der Waals surface area contributed by atoms with Crippen LogP contribution in [0.4, 0.5) is 0 Å². The van der Waals surface area contributed by atoms with E-state index in [2.05, 4.69) is 5.32 Å². The van der Waals surface area contributed by atoms with E-state index >= 15 is 0 Å². The topological polar surface area (TPSA) is 64.3 Å². The molecule has 0 aliphatic heterocycles. The number of rotatable bonds is 7. The highest BCUT2D eigenvalue weighted by Crippen LogP contribution is 2.25. The molecular weight excluding hydrogens is 296 g/mol. The van der Waals surface area contributed by atoms with Crippen molar-refractivity contribution < 1.29 is 9.53 Å². The molecule has 1 amide bonds. The predicted octanol–water partition coefficient (Wildman–Crippen LogP) is 2.31. The minimum Gasteiger partial charge on any atom is -0.497 e. The summed E-state index contributed by atoms with van der Waals surface area (Å²) in [6.07, 6.45) is 0. The highest BCUT2D eigenvalue weighted by atomic mass is 35.5. The standard InChI is InChI=1S/C14H22N2O2S.ClH/c1-10(8-15)9-16-14(17)11(2)19-13-6-4-12(18-3)5-7-13;/h4-7,10-11H,8-9,15H2,1-3H3,(H,16,17);1H. The first-order chi connectivity index (χ1) is 9.06. The Kier molecular flexibility index (Phi) is 9.46. The predicted molar refractivity (Wildman–Crippen MR) is 86.8 cm³/mol. The number of methoxy groups -OCH3 is 1. The lowest BCUT2D eigenvalue weighted by Gasteiger charge is -2.14. The Labute approximate surface area is 131 Å². The third-order valence-electron chi connectivity index (χ3n) is 2.77. The molecular formula is C14H23ClN2O2S. The van der Waals surface area contributed by atoms with E-state index in [0.717, 1.165) is 10.6 Å². The molecule has 0 aliphatic rings. The van der Waals surface area contributed by atoms with Crippen LogP contribution in [0.25, 0.3) is 0 Å². The van der Waals surface area contributed by atoms with Gasteiger partial charge in [0, 0.05) is 11.4 Å². The van der Waals surface area contributed by atoms with Crippen LogP contribution >= 0.6 is 24.2 Å². The van der Waals surface area contributed by atoms with Crippen LogP contribution in [0.2, 0.25) is 0 Å². The molecule has 0 saturated heterocycles. The Balaban J connectivity index is 0.00000361. The molecule has 3 N–H and O–H groups in total. The van der Waals surface area contributed by atoms with Crippen LogP contribution in [0, 0.1) is 5.92 Å². The van der Waals surface area contributed by atoms with Crippen LogP contribution in [0.1, 0.15) is 13.8 Å². The zero-order chi connectivity index (χ0) is 14.3. The van der Waals surface area contributed by atoms with Gasteiger partial charge in [0.25, 0.3) is 0 Å². The van der Waals surface area contributed by atoms with Gasteiger partial charge in [0.1, 0.15) is 5.75 Å². The number of hydrogen-bond acceptors (Lipinski definition) is 4. The first kappa shape index (κ1) is 19.1. The SMILES string of the molecule is COc1ccc(SC(C)C(=O)NCC(C)CN)cc1.Cl. The maximum absolute atomic E-state index is 11.9. The molecule has 1 aromatic rings. The fourth-order valence-electron chi connectivity index (χ4n) is 1.41. The fraction of sp³-hybridized carbons (Fsp3) is 0.500. The van der Waals surface area contributed by atoms with Crippen molar-refractivity contribution in [1.29, 1.82) is 0 Å². The van der Waals surface area contributed by atoms with Gasteiger partial charge < -0.3 is 15.8 Å². The summed E-state index contributed by atoms with van der Waals surface area (Å²) in [4.78, 5) is 12.9. The van der Waals surface area contributed by atoms with Crippen LogP contribution < -0.4 is 15.8 Å². The second-order valence-corrected chi connectivity index (χ2v) is 5.94. The average Bonchev–Trinajstić information content (AvgIpc) is 2.44. The summed E-state index contributed by atoms with van der Waals surface area (Å²) in [6.45, 7) is 5.13. The Morgan fingerprint density at radius 3 is 2.45 bits per heavy atom. The number of benzene rings is 1. The van der Waals surface area contributed by atoms with E-state index in [-0.39, 0.29) is 23.6 Å². The minimum atomic E-state index is -0.127. The van der Waals surface area contributed by atoms with Crippen LogP contribution in [-0.2, 0) is 4.79 Å². The molecule has 0 aromatic heterocycles. The Morgan fingerprint density at radius 1 is 1.35 bits per heavy atom. The first-order valence-electron chi connectivity index (χ1n) is 6.35. The van der Waals surface area contributed by atoms with Crippen LogP contribution in [0.3, 0.4) is 0 Å². The zero-order valence-electron chi connectivity index (χ0n) is 12.1. The van der Waals surface area contributed by atoms with Gasteiger partial charge in [-0.2, -0.15) is 0 Å². The number of thioether (sulfide) groups is 1. The minimum absolute atomic E-state index is 0. The number of nitrogens with one attached hydrogen (secondary N) is 1. The number of carbonyl (C=O) groups is 1. The Hall–Kier alpha value is -0.910. The highest BCUT2D eigenvalue weighted by molar-refractivity contribution is 8.00. The van der Waals surface area contributed by atoms with Crippen molar-refractivity contribution in [1.82, 2.24) is 5.32 Å². The third-order valence-corrected chi connectivity index (χ3v) is 3.88. The maximum Gasteiger partial charge on any atom is 0.233 e. The smallest absolute Gasteiger partial charge is 0.233 e. The quantitative estimate of drug-likeness (QED) is 0.757. The van der Waals surface area contributed by atoms with E-state index < -0.39 is 0 Å². The van der Waals surface area contributed by atoms with Crippen LogP contribution in [0.15, 0.2) is 29.2 Å². The molecule has 6 heteroatoms. The molecule has 2 atom stereocenters. The maximum atomic E-state index is 11.9. The molecule has 1 aromatic carbocycles. The molecule has 0 bridgehead atoms. The molecule has 1 rings (SSSR count). The van der Waals surface area contributed by atoms with E-state index in [1.54, 1.807) is 7.11 Å². The second kappa shape index (κ2) is 9.91. The van der Waals surface area contributed by atoms with E-state index in [4.69, 9.17) is 10.5 Å². The van der Waals surface area contributed by atoms with Crippen molar-refractivity contribution in [3.05, 3.63) is 24.3 Å². The highest BCUT2D eigenvalue weighted by Gasteiger charge is 2.14. The molecule has 0 fully saturated rings. The lowest BCUT2D eigenvalue weighted by Crippen LogP contribution is -2.35. The van der Waals surface area contributed by atoms with Crippen molar-refractivity contribution in [2.24, 2.45) is 11.7 Å². The summed E-state index contributed by atoms with van der Waals surface area (Å²) in [7, 11) is 1.64. The van der Waals surface area contributed by atoms with Gasteiger partial charge in [0.15, 0.2) is 0 Å². The number of hydrogen-bond donors (Lipinski definition) is 2. The molecule has 0 aliphatic carbocycles. The molecule has 0 spiro atoms.